The number of hydrogen-bond acceptors (Lipinski definition) is 3. The SMILES string of the molecule is [2H]C1C=Cc2ncc(C(=O)OC3CC[C@@]4(C)C(=CC[C@H]5[C@@H]6CC[C@H]([C@H](C)CCCC(C)C)[C@@]6(C)CC[C@@H]54)C3)n2C1[2H]. The highest BCUT2D eigenvalue weighted by molar-refractivity contribution is 5.88. The third-order valence-electron chi connectivity index (χ3n) is 12.2. The maximum absolute atomic E-state index is 13.2. The zero-order chi connectivity index (χ0) is 29.1. The van der Waals surface area contributed by atoms with Crippen molar-refractivity contribution < 1.29 is 12.3 Å². The summed E-state index contributed by atoms with van der Waals surface area (Å²) in [5, 5.41) is 0. The van der Waals surface area contributed by atoms with Gasteiger partial charge in [-0.1, -0.05) is 71.6 Å². The van der Waals surface area contributed by atoms with Crippen molar-refractivity contribution in [2.24, 2.45) is 46.3 Å². The molecule has 0 N–H and O–H groups in total. The molecule has 0 saturated heterocycles. The van der Waals surface area contributed by atoms with Crippen LogP contribution in [0.5, 0.6) is 0 Å². The summed E-state index contributed by atoms with van der Waals surface area (Å²) in [6.45, 7) is 11.6. The number of carbonyl (C=O) groups is 1. The van der Waals surface area contributed by atoms with Crippen molar-refractivity contribution in [1.29, 1.82) is 0 Å². The van der Waals surface area contributed by atoms with Crippen LogP contribution in [0.1, 0.15) is 131 Å². The number of carbonyl (C=O) groups excluding carboxylic acids is 1. The minimum Gasteiger partial charge on any atom is -0.457 e. The van der Waals surface area contributed by atoms with Crippen molar-refractivity contribution in [1.82, 2.24) is 9.55 Å². The molecule has 0 radical (unpaired) electrons. The molecule has 6 rings (SSSR count). The summed E-state index contributed by atoms with van der Waals surface area (Å²) in [5.74, 6) is 5.09. The molecule has 2 heterocycles. The van der Waals surface area contributed by atoms with E-state index in [1.54, 1.807) is 16.7 Å². The number of rotatable bonds is 7. The number of aromatic nitrogens is 2. The molecule has 4 nitrogen and oxygen atoms in total. The molecule has 3 saturated carbocycles. The first-order chi connectivity index (χ1) is 19.5. The van der Waals surface area contributed by atoms with Gasteiger partial charge < -0.3 is 9.30 Å². The fourth-order valence-corrected chi connectivity index (χ4v) is 10.0. The lowest BCUT2D eigenvalue weighted by Crippen LogP contribution is -2.51. The number of ether oxygens (including phenoxy) is 1. The topological polar surface area (TPSA) is 44.1 Å². The van der Waals surface area contributed by atoms with E-state index in [4.69, 9.17) is 7.48 Å². The van der Waals surface area contributed by atoms with E-state index in [1.807, 2.05) is 0 Å². The maximum Gasteiger partial charge on any atom is 0.356 e. The fourth-order valence-electron chi connectivity index (χ4n) is 10.0. The average molecular weight is 535 g/mol. The van der Waals surface area contributed by atoms with Crippen LogP contribution in [-0.4, -0.2) is 21.6 Å². The Hall–Kier alpha value is -1.84. The second kappa shape index (κ2) is 10.5. The maximum atomic E-state index is 13.2. The summed E-state index contributed by atoms with van der Waals surface area (Å²) >= 11 is 0. The van der Waals surface area contributed by atoms with E-state index in [-0.39, 0.29) is 11.5 Å². The Balaban J connectivity index is 1.12. The zero-order valence-corrected chi connectivity index (χ0v) is 25.0. The number of hydrogen-bond donors (Lipinski definition) is 0. The largest absolute Gasteiger partial charge is 0.457 e. The fraction of sp³-hybridized carbons (Fsp3) is 0.771. The van der Waals surface area contributed by atoms with Gasteiger partial charge in [-0.15, -0.1) is 0 Å². The Bertz CT molecular complexity index is 1200. The van der Waals surface area contributed by atoms with Crippen LogP contribution in [0.25, 0.3) is 6.08 Å². The van der Waals surface area contributed by atoms with E-state index in [0.717, 1.165) is 54.8 Å². The summed E-state index contributed by atoms with van der Waals surface area (Å²) in [5.41, 5.74) is 2.54. The summed E-state index contributed by atoms with van der Waals surface area (Å²) in [7, 11) is 0. The normalized spacial score (nSPS) is 42.4. The van der Waals surface area contributed by atoms with Crippen molar-refractivity contribution in [2.75, 3.05) is 0 Å². The van der Waals surface area contributed by atoms with Gasteiger partial charge in [0, 0.05) is 14.3 Å². The molecule has 0 amide bonds. The zero-order valence-electron chi connectivity index (χ0n) is 27.0. The number of allylic oxidation sites excluding steroid dienone is 2. The van der Waals surface area contributed by atoms with Gasteiger partial charge in [-0.3, -0.25) is 0 Å². The van der Waals surface area contributed by atoms with Crippen molar-refractivity contribution in [3.05, 3.63) is 35.4 Å². The number of fused-ring (bicyclic) bond motifs is 6. The molecule has 10 atom stereocenters. The Labute approximate surface area is 239 Å². The first-order valence-electron chi connectivity index (χ1n) is 17.2. The standard InChI is InChI=1S/C35H52N2O2/c1-23(2)9-8-10-24(3)28-14-15-29-27-13-12-25-21-26(16-18-34(25,4)30(27)17-19-35(28,29)5)39-33(38)31-22-36-32-11-6-7-20-37(31)32/h6,11-12,22-24,26-30H,7-10,13-21H2,1-5H3/t24-,26?,27+,28-,29+,30+,34+,35-/m1/s1/i7D,20D/t7?,20?,24-,26?,27+,28-,29+,30+,34+,35-. The minimum absolute atomic E-state index is 0.129. The lowest BCUT2D eigenvalue weighted by molar-refractivity contribution is -0.0595. The molecule has 0 aromatic carbocycles. The molecule has 0 spiro atoms. The number of nitrogens with zero attached hydrogens (tertiary/aromatic N) is 2. The van der Waals surface area contributed by atoms with E-state index in [9.17, 15) is 4.79 Å². The van der Waals surface area contributed by atoms with E-state index >= 15 is 0 Å². The molecule has 4 aliphatic carbocycles. The number of imidazole rings is 1. The van der Waals surface area contributed by atoms with Crippen molar-refractivity contribution in [2.45, 2.75) is 124 Å². The molecule has 3 fully saturated rings. The second-order valence-corrected chi connectivity index (χ2v) is 14.6. The summed E-state index contributed by atoms with van der Waals surface area (Å²) in [4.78, 5) is 17.5. The monoisotopic (exact) mass is 534 g/mol. The van der Waals surface area contributed by atoms with Crippen LogP contribution in [0.4, 0.5) is 0 Å². The van der Waals surface area contributed by atoms with Gasteiger partial charge in [0.25, 0.3) is 0 Å². The second-order valence-electron chi connectivity index (χ2n) is 14.6. The smallest absolute Gasteiger partial charge is 0.356 e. The van der Waals surface area contributed by atoms with E-state index in [2.05, 4.69) is 45.7 Å². The van der Waals surface area contributed by atoms with Crippen LogP contribution in [0.15, 0.2) is 23.9 Å². The highest BCUT2D eigenvalue weighted by atomic mass is 16.5. The Kier molecular flexibility index (Phi) is 6.73. The van der Waals surface area contributed by atoms with Gasteiger partial charge in [0.1, 0.15) is 17.6 Å². The molecular formula is C35H52N2O2. The molecular weight excluding hydrogens is 480 g/mol. The van der Waals surface area contributed by atoms with Crippen LogP contribution in [0.2, 0.25) is 0 Å². The minimum atomic E-state index is -0.872. The van der Waals surface area contributed by atoms with E-state index in [0.29, 0.717) is 16.9 Å². The Morgan fingerprint density at radius 3 is 2.82 bits per heavy atom. The predicted octanol–water partition coefficient (Wildman–Crippen LogP) is 8.87. The van der Waals surface area contributed by atoms with Crippen molar-refractivity contribution in [3.63, 3.8) is 0 Å². The van der Waals surface area contributed by atoms with E-state index < -0.39 is 18.9 Å². The van der Waals surface area contributed by atoms with Crippen LogP contribution < -0.4 is 0 Å². The lowest BCUT2D eigenvalue weighted by Gasteiger charge is -2.58. The van der Waals surface area contributed by atoms with Gasteiger partial charge in [0.2, 0.25) is 0 Å². The first-order valence-corrected chi connectivity index (χ1v) is 16.0. The van der Waals surface area contributed by atoms with Gasteiger partial charge in [0.05, 0.1) is 7.57 Å². The van der Waals surface area contributed by atoms with Crippen LogP contribution >= 0.6 is 0 Å². The third kappa shape index (κ3) is 4.76. The molecule has 214 valence electrons. The van der Waals surface area contributed by atoms with Crippen molar-refractivity contribution in [3.8, 4) is 0 Å². The van der Waals surface area contributed by atoms with Crippen LogP contribution in [-0.2, 0) is 11.3 Å². The molecule has 39 heavy (non-hydrogen) atoms. The van der Waals surface area contributed by atoms with Gasteiger partial charge in [0.15, 0.2) is 0 Å². The summed E-state index contributed by atoms with van der Waals surface area (Å²) in [6, 6.07) is 0. The Morgan fingerprint density at radius 2 is 2.00 bits per heavy atom. The van der Waals surface area contributed by atoms with Gasteiger partial charge in [-0.25, -0.2) is 9.78 Å². The predicted molar refractivity (Wildman–Crippen MR) is 158 cm³/mol. The molecule has 1 aliphatic heterocycles. The highest BCUT2D eigenvalue weighted by Crippen LogP contribution is 2.67. The van der Waals surface area contributed by atoms with Crippen molar-refractivity contribution >= 4 is 12.0 Å². The quantitative estimate of drug-likeness (QED) is 0.259. The van der Waals surface area contributed by atoms with Gasteiger partial charge in [-0.05, 0) is 104 Å². The Morgan fingerprint density at radius 1 is 1.15 bits per heavy atom. The van der Waals surface area contributed by atoms with Gasteiger partial charge >= 0.3 is 5.97 Å². The summed E-state index contributed by atoms with van der Waals surface area (Å²) < 4.78 is 24.1. The summed E-state index contributed by atoms with van der Waals surface area (Å²) in [6.07, 6.45) is 20.3. The average Bonchev–Trinajstić information content (AvgIpc) is 3.52. The number of esters is 1. The third-order valence-corrected chi connectivity index (χ3v) is 12.2. The highest BCUT2D eigenvalue weighted by Gasteiger charge is 2.59. The van der Waals surface area contributed by atoms with Crippen LogP contribution in [0.3, 0.4) is 0 Å². The molecule has 4 heteroatoms. The van der Waals surface area contributed by atoms with Crippen LogP contribution in [0, 0.1) is 46.3 Å². The molecule has 1 aromatic rings. The molecule has 0 bridgehead atoms. The molecule has 3 unspecified atom stereocenters. The van der Waals surface area contributed by atoms with E-state index in [1.165, 1.54) is 63.1 Å². The van der Waals surface area contributed by atoms with Gasteiger partial charge in [-0.2, -0.15) is 0 Å². The molecule has 1 aromatic heterocycles. The first kappa shape index (κ1) is 24.9. The lowest BCUT2D eigenvalue weighted by atomic mass is 9.47. The molecule has 5 aliphatic rings.